The maximum atomic E-state index is 11.1. The van der Waals surface area contributed by atoms with Crippen LogP contribution in [-0.2, 0) is 4.79 Å². The molecule has 0 fully saturated rings. The maximum absolute atomic E-state index is 11.1. The normalized spacial score (nSPS) is 17.6. The third-order valence-electron chi connectivity index (χ3n) is 3.19. The van der Waals surface area contributed by atoms with Gasteiger partial charge in [0.15, 0.2) is 0 Å². The topological polar surface area (TPSA) is 26.3 Å². The van der Waals surface area contributed by atoms with Crippen LogP contribution in [0.25, 0.3) is 6.08 Å². The van der Waals surface area contributed by atoms with Gasteiger partial charge in [0.05, 0.1) is 3.57 Å². The Hall–Kier alpha value is -0.370. The van der Waals surface area contributed by atoms with Crippen molar-refractivity contribution in [3.8, 4) is 5.75 Å². The maximum Gasteiger partial charge on any atom is 0.149 e. The molecule has 1 aliphatic carbocycles. The van der Waals surface area contributed by atoms with E-state index in [0.717, 1.165) is 57.3 Å². The van der Waals surface area contributed by atoms with Crippen molar-refractivity contribution in [1.29, 1.82) is 0 Å². The van der Waals surface area contributed by atoms with Crippen molar-refractivity contribution >= 4 is 57.5 Å². The van der Waals surface area contributed by atoms with Crippen molar-refractivity contribution in [3.05, 3.63) is 41.7 Å². The highest BCUT2D eigenvalue weighted by molar-refractivity contribution is 14.1. The van der Waals surface area contributed by atoms with Gasteiger partial charge in [-0.2, -0.15) is 0 Å². The van der Waals surface area contributed by atoms with E-state index in [1.54, 1.807) is 0 Å². The molecule has 4 heteroatoms. The summed E-state index contributed by atoms with van der Waals surface area (Å²) in [6.45, 7) is 0. The van der Waals surface area contributed by atoms with Crippen LogP contribution in [0.5, 0.6) is 5.75 Å². The Labute approximate surface area is 133 Å². The number of fused-ring (bicyclic) bond motifs is 2. The molecule has 1 heterocycles. The first-order chi connectivity index (χ1) is 8.69. The Morgan fingerprint density at radius 3 is 2.83 bits per heavy atom. The SMILES string of the molecule is O=CC1=C2Oc3c(I)cc(I)cc3C=C2CCC1. The average molecular weight is 464 g/mol. The van der Waals surface area contributed by atoms with E-state index in [-0.39, 0.29) is 0 Å². The van der Waals surface area contributed by atoms with E-state index in [9.17, 15) is 4.79 Å². The quantitative estimate of drug-likeness (QED) is 0.458. The minimum atomic E-state index is 0.794. The van der Waals surface area contributed by atoms with Gasteiger partial charge in [-0.25, -0.2) is 0 Å². The van der Waals surface area contributed by atoms with Gasteiger partial charge in [-0.3, -0.25) is 4.79 Å². The highest BCUT2D eigenvalue weighted by atomic mass is 127. The van der Waals surface area contributed by atoms with E-state index in [2.05, 4.69) is 63.4 Å². The van der Waals surface area contributed by atoms with E-state index < -0.39 is 0 Å². The van der Waals surface area contributed by atoms with Crippen LogP contribution in [0.15, 0.2) is 29.0 Å². The number of aldehydes is 1. The highest BCUT2D eigenvalue weighted by Gasteiger charge is 2.25. The Morgan fingerprint density at radius 2 is 2.06 bits per heavy atom. The molecule has 0 aromatic heterocycles. The first-order valence-corrected chi connectivity index (χ1v) is 7.91. The molecule has 18 heavy (non-hydrogen) atoms. The molecule has 0 saturated heterocycles. The van der Waals surface area contributed by atoms with E-state index in [1.165, 1.54) is 3.57 Å². The number of hydrogen-bond donors (Lipinski definition) is 0. The van der Waals surface area contributed by atoms with Crippen molar-refractivity contribution in [1.82, 2.24) is 0 Å². The van der Waals surface area contributed by atoms with Crippen molar-refractivity contribution in [2.75, 3.05) is 0 Å². The lowest BCUT2D eigenvalue weighted by Gasteiger charge is -2.26. The Balaban J connectivity index is 2.20. The average Bonchev–Trinajstić information content (AvgIpc) is 2.36. The van der Waals surface area contributed by atoms with E-state index in [1.807, 2.05) is 0 Å². The third-order valence-corrected chi connectivity index (χ3v) is 4.61. The molecule has 92 valence electrons. The standard InChI is InChI=1S/C14H10I2O2/c15-11-5-10-4-8-2-1-3-9(7-17)13(8)18-14(10)12(16)6-11/h4-7H,1-3H2. The van der Waals surface area contributed by atoms with Gasteiger partial charge >= 0.3 is 0 Å². The number of benzene rings is 1. The summed E-state index contributed by atoms with van der Waals surface area (Å²) < 4.78 is 8.29. The summed E-state index contributed by atoms with van der Waals surface area (Å²) in [5.41, 5.74) is 3.08. The number of halogens is 2. The number of hydrogen-bond acceptors (Lipinski definition) is 2. The second-order valence-corrected chi connectivity index (χ2v) is 6.81. The van der Waals surface area contributed by atoms with Crippen molar-refractivity contribution in [3.63, 3.8) is 0 Å². The van der Waals surface area contributed by atoms with Gasteiger partial charge in [0.25, 0.3) is 0 Å². The molecule has 0 radical (unpaired) electrons. The number of allylic oxidation sites excluding steroid dienone is 2. The van der Waals surface area contributed by atoms with Crippen LogP contribution < -0.4 is 4.74 Å². The van der Waals surface area contributed by atoms with Crippen LogP contribution >= 0.6 is 45.2 Å². The van der Waals surface area contributed by atoms with Crippen molar-refractivity contribution in [2.24, 2.45) is 0 Å². The smallest absolute Gasteiger partial charge is 0.149 e. The van der Waals surface area contributed by atoms with Gasteiger partial charge in [0.2, 0.25) is 0 Å². The van der Waals surface area contributed by atoms with Crippen LogP contribution in [0.3, 0.4) is 0 Å². The fourth-order valence-corrected chi connectivity index (χ4v) is 4.37. The predicted molar refractivity (Wildman–Crippen MR) is 87.4 cm³/mol. The molecule has 0 saturated carbocycles. The number of carbonyl (C=O) groups is 1. The summed E-state index contributed by atoms with van der Waals surface area (Å²) >= 11 is 4.59. The van der Waals surface area contributed by atoms with E-state index in [4.69, 9.17) is 4.74 Å². The second-order valence-electron chi connectivity index (χ2n) is 4.40. The summed E-state index contributed by atoms with van der Waals surface area (Å²) in [4.78, 5) is 11.1. The Morgan fingerprint density at radius 1 is 1.22 bits per heavy atom. The first kappa shape index (κ1) is 12.7. The zero-order chi connectivity index (χ0) is 12.7. The predicted octanol–water partition coefficient (Wildman–Crippen LogP) is 4.31. The fourth-order valence-electron chi connectivity index (χ4n) is 2.37. The number of rotatable bonds is 1. The zero-order valence-electron chi connectivity index (χ0n) is 9.50. The molecule has 0 N–H and O–H groups in total. The molecule has 2 nitrogen and oxygen atoms in total. The monoisotopic (exact) mass is 464 g/mol. The van der Waals surface area contributed by atoms with Gasteiger partial charge in [-0.05, 0) is 88.2 Å². The molecular formula is C14H10I2O2. The molecule has 0 spiro atoms. The molecule has 0 atom stereocenters. The molecule has 3 rings (SSSR count). The Bertz CT molecular complexity index is 600. The third kappa shape index (κ3) is 2.13. The highest BCUT2D eigenvalue weighted by Crippen LogP contribution is 2.41. The summed E-state index contributed by atoms with van der Waals surface area (Å²) in [5.74, 6) is 1.68. The minimum Gasteiger partial charge on any atom is -0.455 e. The van der Waals surface area contributed by atoms with Crippen LogP contribution in [0, 0.1) is 7.14 Å². The van der Waals surface area contributed by atoms with Crippen molar-refractivity contribution < 1.29 is 9.53 Å². The van der Waals surface area contributed by atoms with Gasteiger partial charge in [-0.1, -0.05) is 0 Å². The fraction of sp³-hybridized carbons (Fsp3) is 0.214. The minimum absolute atomic E-state index is 0.794. The number of ether oxygens (including phenoxy) is 1. The van der Waals surface area contributed by atoms with Crippen LogP contribution in [0.2, 0.25) is 0 Å². The largest absolute Gasteiger partial charge is 0.455 e. The van der Waals surface area contributed by atoms with Crippen LogP contribution in [-0.4, -0.2) is 6.29 Å². The first-order valence-electron chi connectivity index (χ1n) is 5.75. The van der Waals surface area contributed by atoms with Gasteiger partial charge in [0, 0.05) is 14.7 Å². The molecule has 2 aliphatic rings. The van der Waals surface area contributed by atoms with Crippen LogP contribution in [0.1, 0.15) is 24.8 Å². The van der Waals surface area contributed by atoms with E-state index in [0.29, 0.717) is 0 Å². The molecule has 0 bridgehead atoms. The molecular weight excluding hydrogens is 454 g/mol. The molecule has 0 unspecified atom stereocenters. The van der Waals surface area contributed by atoms with E-state index >= 15 is 0 Å². The summed E-state index contributed by atoms with van der Waals surface area (Å²) in [6.07, 6.45) is 5.96. The summed E-state index contributed by atoms with van der Waals surface area (Å²) in [7, 11) is 0. The summed E-state index contributed by atoms with van der Waals surface area (Å²) in [6, 6.07) is 4.21. The zero-order valence-corrected chi connectivity index (χ0v) is 13.8. The van der Waals surface area contributed by atoms with Gasteiger partial charge < -0.3 is 4.74 Å². The lowest BCUT2D eigenvalue weighted by atomic mass is 9.91. The molecule has 1 aromatic carbocycles. The molecule has 0 amide bonds. The van der Waals surface area contributed by atoms with Gasteiger partial charge in [-0.15, -0.1) is 0 Å². The van der Waals surface area contributed by atoms with Crippen LogP contribution in [0.4, 0.5) is 0 Å². The lowest BCUT2D eigenvalue weighted by Crippen LogP contribution is -2.14. The van der Waals surface area contributed by atoms with Crippen molar-refractivity contribution in [2.45, 2.75) is 19.3 Å². The molecule has 1 aromatic rings. The Kier molecular flexibility index (Phi) is 3.48. The lowest BCUT2D eigenvalue weighted by molar-refractivity contribution is -0.105. The molecule has 1 aliphatic heterocycles. The number of carbonyl (C=O) groups excluding carboxylic acids is 1. The summed E-state index contributed by atoms with van der Waals surface area (Å²) in [5, 5.41) is 0. The van der Waals surface area contributed by atoms with Gasteiger partial charge in [0.1, 0.15) is 17.8 Å². The second kappa shape index (κ2) is 4.96.